The lowest BCUT2D eigenvalue weighted by Gasteiger charge is -2.09. The minimum absolute atomic E-state index is 0. The Morgan fingerprint density at radius 3 is 2.50 bits per heavy atom. The monoisotopic (exact) mass is 377 g/mol. The first-order valence-corrected chi connectivity index (χ1v) is 9.09. The molecule has 24 heavy (non-hydrogen) atoms. The Bertz CT molecular complexity index is 618. The fraction of sp³-hybridized carbons (Fsp3) is 0.533. The van der Waals surface area contributed by atoms with Crippen LogP contribution in [0.3, 0.4) is 0 Å². The molecule has 9 heteroatoms. The fourth-order valence-electron chi connectivity index (χ4n) is 1.93. The number of hydrogen-bond donors (Lipinski definition) is 3. The Kier molecular flexibility index (Phi) is 8.65. The highest BCUT2D eigenvalue weighted by Crippen LogP contribution is 2.28. The normalized spacial score (nSPS) is 14.0. The van der Waals surface area contributed by atoms with Gasteiger partial charge in [0.15, 0.2) is 0 Å². The Balaban J connectivity index is 0.00000288. The second kappa shape index (κ2) is 9.95. The molecule has 1 fully saturated rings. The average Bonchev–Trinajstić information content (AvgIpc) is 3.35. The van der Waals surface area contributed by atoms with Gasteiger partial charge in [0.05, 0.1) is 18.0 Å². The van der Waals surface area contributed by atoms with E-state index >= 15 is 0 Å². The van der Waals surface area contributed by atoms with Crippen molar-refractivity contribution >= 4 is 34.0 Å². The zero-order valence-corrected chi connectivity index (χ0v) is 15.2. The van der Waals surface area contributed by atoms with Crippen LogP contribution >= 0.6 is 12.4 Å². The number of amides is 1. The van der Waals surface area contributed by atoms with Gasteiger partial charge < -0.3 is 15.4 Å². The summed E-state index contributed by atoms with van der Waals surface area (Å²) >= 11 is 0. The second-order valence-corrected chi connectivity index (χ2v) is 7.30. The molecule has 1 aromatic rings. The number of halogens is 1. The largest absolute Gasteiger partial charge is 0.383 e. The summed E-state index contributed by atoms with van der Waals surface area (Å²) in [4.78, 5) is 11.9. The molecule has 0 aliphatic heterocycles. The lowest BCUT2D eigenvalue weighted by Crippen LogP contribution is -2.30. The van der Waals surface area contributed by atoms with E-state index in [0.717, 1.165) is 12.8 Å². The molecule has 2 rings (SSSR count). The number of rotatable bonds is 10. The summed E-state index contributed by atoms with van der Waals surface area (Å²) in [6.45, 7) is 1.79. The number of ether oxygens (including phenoxy) is 1. The highest BCUT2D eigenvalue weighted by molar-refractivity contribution is 7.89. The summed E-state index contributed by atoms with van der Waals surface area (Å²) in [5.41, 5.74) is 0.560. The van der Waals surface area contributed by atoms with Gasteiger partial charge in [0, 0.05) is 25.9 Å². The van der Waals surface area contributed by atoms with Gasteiger partial charge in [-0.3, -0.25) is 4.79 Å². The highest BCUT2D eigenvalue weighted by Gasteiger charge is 2.24. The first-order chi connectivity index (χ1) is 11.0. The molecule has 0 saturated heterocycles. The molecule has 1 amide bonds. The molecule has 0 heterocycles. The van der Waals surface area contributed by atoms with Crippen molar-refractivity contribution in [2.45, 2.75) is 17.7 Å². The summed E-state index contributed by atoms with van der Waals surface area (Å²) in [5, 5.41) is 5.63. The van der Waals surface area contributed by atoms with Crippen LogP contribution in [0.4, 0.5) is 5.69 Å². The molecule has 1 aliphatic carbocycles. The van der Waals surface area contributed by atoms with Crippen LogP contribution in [-0.4, -0.2) is 47.7 Å². The van der Waals surface area contributed by atoms with E-state index in [2.05, 4.69) is 15.4 Å². The van der Waals surface area contributed by atoms with E-state index in [9.17, 15) is 13.2 Å². The molecule has 0 bridgehead atoms. The Morgan fingerprint density at radius 2 is 1.92 bits per heavy atom. The number of carbonyl (C=O) groups excluding carboxylic acids is 1. The summed E-state index contributed by atoms with van der Waals surface area (Å²) in [6.07, 6.45) is 2.18. The van der Waals surface area contributed by atoms with Gasteiger partial charge in [0.2, 0.25) is 15.9 Å². The van der Waals surface area contributed by atoms with E-state index in [4.69, 9.17) is 4.74 Å². The molecule has 1 aliphatic rings. The molecule has 0 aromatic heterocycles. The maximum Gasteiger partial charge on any atom is 0.240 e. The van der Waals surface area contributed by atoms with Crippen molar-refractivity contribution in [3.63, 3.8) is 0 Å². The molecule has 1 aromatic carbocycles. The van der Waals surface area contributed by atoms with Gasteiger partial charge in [-0.25, -0.2) is 13.1 Å². The van der Waals surface area contributed by atoms with Crippen molar-refractivity contribution in [1.29, 1.82) is 0 Å². The Hall–Kier alpha value is -1.19. The van der Waals surface area contributed by atoms with Crippen LogP contribution in [0.2, 0.25) is 0 Å². The molecule has 3 N–H and O–H groups in total. The Morgan fingerprint density at radius 1 is 1.25 bits per heavy atom. The van der Waals surface area contributed by atoms with Gasteiger partial charge in [-0.1, -0.05) is 0 Å². The third-order valence-electron chi connectivity index (χ3n) is 3.48. The third-order valence-corrected chi connectivity index (χ3v) is 4.92. The quantitative estimate of drug-likeness (QED) is 0.528. The van der Waals surface area contributed by atoms with Crippen molar-refractivity contribution in [2.24, 2.45) is 5.92 Å². The predicted octanol–water partition coefficient (Wildman–Crippen LogP) is 0.971. The van der Waals surface area contributed by atoms with Gasteiger partial charge in [-0.15, -0.1) is 12.4 Å². The average molecular weight is 378 g/mol. The summed E-state index contributed by atoms with van der Waals surface area (Å²) < 4.78 is 31.6. The molecular formula is C15H24ClN3O4S. The standard InChI is InChI=1S/C15H23N3O4S.ClH/c1-22-9-8-16-11-15(19)18-13-4-6-14(7-5-13)23(20,21)17-10-12-2-3-12;/h4-7,12,16-17H,2-3,8-11H2,1H3,(H,18,19);1H. The number of methoxy groups -OCH3 is 1. The summed E-state index contributed by atoms with van der Waals surface area (Å²) in [5.74, 6) is 0.289. The van der Waals surface area contributed by atoms with Crippen LogP contribution in [0, 0.1) is 5.92 Å². The van der Waals surface area contributed by atoms with E-state index in [1.807, 2.05) is 0 Å². The van der Waals surface area contributed by atoms with Crippen LogP contribution in [0.25, 0.3) is 0 Å². The first kappa shape index (κ1) is 20.9. The van der Waals surface area contributed by atoms with E-state index in [0.29, 0.717) is 31.3 Å². The predicted molar refractivity (Wildman–Crippen MR) is 95.0 cm³/mol. The summed E-state index contributed by atoms with van der Waals surface area (Å²) in [6, 6.07) is 6.14. The van der Waals surface area contributed by atoms with Crippen molar-refractivity contribution in [3.8, 4) is 0 Å². The molecule has 0 spiro atoms. The molecule has 136 valence electrons. The third kappa shape index (κ3) is 7.14. The van der Waals surface area contributed by atoms with Crippen molar-refractivity contribution in [1.82, 2.24) is 10.0 Å². The fourth-order valence-corrected chi connectivity index (χ4v) is 3.05. The smallest absolute Gasteiger partial charge is 0.240 e. The molecule has 0 radical (unpaired) electrons. The SMILES string of the molecule is COCCNCC(=O)Nc1ccc(S(=O)(=O)NCC2CC2)cc1.Cl. The van der Waals surface area contributed by atoms with Gasteiger partial charge >= 0.3 is 0 Å². The number of nitrogens with one attached hydrogen (secondary N) is 3. The minimum Gasteiger partial charge on any atom is -0.383 e. The van der Waals surface area contributed by atoms with Crippen LogP contribution in [-0.2, 0) is 19.6 Å². The van der Waals surface area contributed by atoms with E-state index < -0.39 is 10.0 Å². The lowest BCUT2D eigenvalue weighted by molar-refractivity contribution is -0.115. The molecule has 7 nitrogen and oxygen atoms in total. The number of carbonyl (C=O) groups is 1. The van der Waals surface area contributed by atoms with E-state index in [1.54, 1.807) is 19.2 Å². The number of anilines is 1. The maximum absolute atomic E-state index is 12.1. The minimum atomic E-state index is -3.47. The van der Waals surface area contributed by atoms with E-state index in [1.165, 1.54) is 12.1 Å². The molecule has 0 atom stereocenters. The van der Waals surface area contributed by atoms with Gasteiger partial charge in [0.25, 0.3) is 0 Å². The summed E-state index contributed by atoms with van der Waals surface area (Å²) in [7, 11) is -1.88. The topological polar surface area (TPSA) is 96.5 Å². The second-order valence-electron chi connectivity index (χ2n) is 5.54. The van der Waals surface area contributed by atoms with Crippen LogP contribution in [0.15, 0.2) is 29.2 Å². The Labute approximate surface area is 149 Å². The number of hydrogen-bond acceptors (Lipinski definition) is 5. The van der Waals surface area contributed by atoms with Crippen LogP contribution in [0.5, 0.6) is 0 Å². The van der Waals surface area contributed by atoms with Gasteiger partial charge in [-0.2, -0.15) is 0 Å². The van der Waals surface area contributed by atoms with Crippen molar-refractivity contribution < 1.29 is 17.9 Å². The molecule has 1 saturated carbocycles. The van der Waals surface area contributed by atoms with Crippen molar-refractivity contribution in [2.75, 3.05) is 38.7 Å². The number of benzene rings is 1. The van der Waals surface area contributed by atoms with Crippen molar-refractivity contribution in [3.05, 3.63) is 24.3 Å². The zero-order chi connectivity index (χ0) is 16.7. The van der Waals surface area contributed by atoms with Gasteiger partial charge in [0.1, 0.15) is 0 Å². The zero-order valence-electron chi connectivity index (χ0n) is 13.6. The lowest BCUT2D eigenvalue weighted by atomic mass is 10.3. The van der Waals surface area contributed by atoms with Crippen LogP contribution in [0.1, 0.15) is 12.8 Å². The van der Waals surface area contributed by atoms with Crippen LogP contribution < -0.4 is 15.4 Å². The first-order valence-electron chi connectivity index (χ1n) is 7.60. The molecule has 0 unspecified atom stereocenters. The number of sulfonamides is 1. The maximum atomic E-state index is 12.1. The van der Waals surface area contributed by atoms with Gasteiger partial charge in [-0.05, 0) is 43.0 Å². The van der Waals surface area contributed by atoms with E-state index in [-0.39, 0.29) is 29.8 Å². The highest BCUT2D eigenvalue weighted by atomic mass is 35.5. The molecular weight excluding hydrogens is 354 g/mol.